The van der Waals surface area contributed by atoms with E-state index in [2.05, 4.69) is 4.67 Å². The number of hydrogen-bond donors (Lipinski definition) is 4. The van der Waals surface area contributed by atoms with Crippen molar-refractivity contribution in [3.63, 3.8) is 0 Å². The van der Waals surface area contributed by atoms with Crippen LogP contribution < -0.4 is 5.73 Å². The van der Waals surface area contributed by atoms with Gasteiger partial charge >= 0.3 is 0 Å². The van der Waals surface area contributed by atoms with Gasteiger partial charge in [0.05, 0.1) is 18.8 Å². The minimum absolute atomic E-state index is 0.0930. The molecule has 9 heteroatoms. The molecule has 6 nitrogen and oxygen atoms in total. The lowest BCUT2D eigenvalue weighted by atomic mass is 9.94. The Morgan fingerprint density at radius 2 is 1.96 bits per heavy atom. The Morgan fingerprint density at radius 1 is 1.19 bits per heavy atom. The van der Waals surface area contributed by atoms with E-state index in [1.807, 2.05) is 24.3 Å². The molecule has 27 heavy (non-hydrogen) atoms. The van der Waals surface area contributed by atoms with Gasteiger partial charge in [0.25, 0.3) is 0 Å². The Kier molecular flexibility index (Phi) is 9.29. The van der Waals surface area contributed by atoms with Crippen molar-refractivity contribution >= 4 is 32.4 Å². The van der Waals surface area contributed by atoms with Gasteiger partial charge in [0, 0.05) is 14.8 Å². The van der Waals surface area contributed by atoms with Crippen molar-refractivity contribution in [1.82, 2.24) is 0 Å². The summed E-state index contributed by atoms with van der Waals surface area (Å²) in [5.41, 5.74) is 6.21. The molecule has 0 amide bonds. The van der Waals surface area contributed by atoms with Crippen molar-refractivity contribution in [2.45, 2.75) is 34.6 Å². The highest BCUT2D eigenvalue weighted by molar-refractivity contribution is 7.99. The largest absolute Gasteiger partial charge is 0.508 e. The predicted molar refractivity (Wildman–Crippen MR) is 109 cm³/mol. The van der Waals surface area contributed by atoms with Crippen molar-refractivity contribution in [2.75, 3.05) is 13.2 Å². The second-order valence-corrected chi connectivity index (χ2v) is 8.38. The van der Waals surface area contributed by atoms with Crippen LogP contribution in [0.3, 0.4) is 0 Å². The number of phenols is 1. The Labute approximate surface area is 169 Å². The highest BCUT2D eigenvalue weighted by Gasteiger charge is 2.24. The molecule has 0 aliphatic carbocycles. The number of halogens is 1. The van der Waals surface area contributed by atoms with E-state index in [1.165, 1.54) is 11.8 Å². The Balaban J connectivity index is 1.90. The van der Waals surface area contributed by atoms with Gasteiger partial charge in [0.2, 0.25) is 0 Å². The summed E-state index contributed by atoms with van der Waals surface area (Å²) in [7, 11) is -0.522. The number of hydrogen-bond acceptors (Lipinski definition) is 7. The summed E-state index contributed by atoms with van der Waals surface area (Å²) in [5.74, 6) is 0.229. The smallest absolute Gasteiger partial charge is 0.194 e. The summed E-state index contributed by atoms with van der Waals surface area (Å²) in [4.78, 5) is 1.92. The molecule has 0 saturated carbocycles. The van der Waals surface area contributed by atoms with Crippen LogP contribution in [-0.2, 0) is 15.6 Å². The third-order valence-electron chi connectivity index (χ3n) is 3.97. The summed E-state index contributed by atoms with van der Waals surface area (Å²) >= 11 is 7.92. The summed E-state index contributed by atoms with van der Waals surface area (Å²) < 4.78 is 8.94. The van der Waals surface area contributed by atoms with E-state index in [0.29, 0.717) is 17.9 Å². The third-order valence-corrected chi connectivity index (χ3v) is 5.64. The second kappa shape index (κ2) is 11.2. The van der Waals surface area contributed by atoms with Crippen LogP contribution in [-0.4, -0.2) is 34.2 Å². The first-order valence-corrected chi connectivity index (χ1v) is 10.3. The van der Waals surface area contributed by atoms with Gasteiger partial charge in [-0.05, 0) is 55.2 Å². The molecule has 0 saturated heterocycles. The van der Waals surface area contributed by atoms with Gasteiger partial charge in [-0.2, -0.15) is 4.67 Å². The number of aromatic hydroxyl groups is 1. The number of rotatable bonds is 11. The van der Waals surface area contributed by atoms with Crippen molar-refractivity contribution in [1.29, 1.82) is 0 Å². The van der Waals surface area contributed by atoms with E-state index >= 15 is 0 Å². The van der Waals surface area contributed by atoms with Crippen molar-refractivity contribution in [3.05, 3.63) is 53.1 Å². The maximum Gasteiger partial charge on any atom is 0.194 e. The average molecular weight is 432 g/mol. The molecule has 2 aromatic carbocycles. The molecule has 0 spiro atoms. The zero-order valence-corrected chi connectivity index (χ0v) is 17.2. The lowest BCUT2D eigenvalue weighted by Gasteiger charge is -2.26. The Bertz CT molecular complexity index is 739. The van der Waals surface area contributed by atoms with Crippen LogP contribution in [0.25, 0.3) is 0 Å². The highest BCUT2D eigenvalue weighted by atomic mass is 35.5. The van der Waals surface area contributed by atoms with Gasteiger partial charge in [-0.15, -0.1) is 0 Å². The second-order valence-electron chi connectivity index (χ2n) is 6.19. The fourth-order valence-corrected chi connectivity index (χ4v) is 4.15. The molecule has 2 aromatic rings. The number of nitrogens with two attached hydrogens (primary N) is 1. The van der Waals surface area contributed by atoms with Gasteiger partial charge in [-0.3, -0.25) is 0 Å². The first-order valence-electron chi connectivity index (χ1n) is 8.28. The van der Waals surface area contributed by atoms with Gasteiger partial charge in [0.1, 0.15) is 5.75 Å². The number of aryl methyl sites for hydroxylation is 1. The van der Waals surface area contributed by atoms with E-state index in [0.717, 1.165) is 21.8 Å². The Hall–Kier alpha value is -0.890. The average Bonchev–Trinajstić information content (AvgIpc) is 2.64. The SMILES string of the molecule is NC(CO)(CCCc1ccc(Sc2cccc(O)c2)cc1Cl)COPOO. The first-order chi connectivity index (χ1) is 13.0. The lowest BCUT2D eigenvalue weighted by Crippen LogP contribution is -2.47. The first kappa shape index (κ1) is 22.4. The summed E-state index contributed by atoms with van der Waals surface area (Å²) in [6.45, 7) is -0.133. The molecule has 0 fully saturated rings. The molecule has 2 unspecified atom stereocenters. The molecule has 0 aliphatic rings. The molecular weight excluding hydrogens is 409 g/mol. The van der Waals surface area contributed by atoms with Crippen LogP contribution in [0.2, 0.25) is 5.02 Å². The monoisotopic (exact) mass is 431 g/mol. The van der Waals surface area contributed by atoms with E-state index in [4.69, 9.17) is 27.1 Å². The molecule has 0 heterocycles. The van der Waals surface area contributed by atoms with E-state index < -0.39 is 14.6 Å². The van der Waals surface area contributed by atoms with Crippen LogP contribution in [0, 0.1) is 0 Å². The van der Waals surface area contributed by atoms with Gasteiger partial charge in [-0.1, -0.05) is 35.5 Å². The van der Waals surface area contributed by atoms with E-state index in [-0.39, 0.29) is 19.0 Å². The number of phenolic OH excluding ortho intramolecular Hbond substituents is 1. The normalized spacial score (nSPS) is 13.9. The van der Waals surface area contributed by atoms with Crippen LogP contribution in [0.5, 0.6) is 5.75 Å². The lowest BCUT2D eigenvalue weighted by molar-refractivity contribution is -0.133. The van der Waals surface area contributed by atoms with Crippen molar-refractivity contribution in [3.8, 4) is 5.75 Å². The molecule has 2 rings (SSSR count). The van der Waals surface area contributed by atoms with Crippen LogP contribution in [0.4, 0.5) is 0 Å². The third kappa shape index (κ3) is 7.56. The quantitative estimate of drug-likeness (QED) is 0.183. The minimum Gasteiger partial charge on any atom is -0.508 e. The topological polar surface area (TPSA) is 105 Å². The molecule has 148 valence electrons. The maximum absolute atomic E-state index is 9.55. The fourth-order valence-electron chi connectivity index (χ4n) is 2.50. The molecule has 2 atom stereocenters. The molecule has 0 bridgehead atoms. The van der Waals surface area contributed by atoms with E-state index in [9.17, 15) is 10.2 Å². The van der Waals surface area contributed by atoms with Gasteiger partial charge in [0.15, 0.2) is 9.03 Å². The molecule has 5 N–H and O–H groups in total. The standard InChI is InChI=1S/C18H23ClNO5PS/c19-17-10-16(27-15-5-1-4-14(22)9-15)7-6-13(17)3-2-8-18(20,11-21)12-24-26-25-23/h1,4-7,9-10,21-23,26H,2-3,8,11-12,20H2. The van der Waals surface area contributed by atoms with Crippen molar-refractivity contribution in [2.24, 2.45) is 5.73 Å². The predicted octanol–water partition coefficient (Wildman–Crippen LogP) is 4.22. The summed E-state index contributed by atoms with van der Waals surface area (Å²) in [5, 5.41) is 28.0. The van der Waals surface area contributed by atoms with Crippen LogP contribution in [0.15, 0.2) is 52.3 Å². The molecule has 0 aromatic heterocycles. The highest BCUT2D eigenvalue weighted by Crippen LogP contribution is 2.33. The molecular formula is C18H23ClNO5PS. The zero-order valence-electron chi connectivity index (χ0n) is 14.6. The zero-order chi connectivity index (χ0) is 19.7. The van der Waals surface area contributed by atoms with Gasteiger partial charge in [-0.25, -0.2) is 5.26 Å². The summed E-state index contributed by atoms with van der Waals surface area (Å²) in [6.07, 6.45) is 1.98. The number of benzene rings is 2. The molecule has 0 aliphatic heterocycles. The Morgan fingerprint density at radius 3 is 2.63 bits per heavy atom. The van der Waals surface area contributed by atoms with E-state index in [1.54, 1.807) is 18.2 Å². The minimum atomic E-state index is -0.886. The van der Waals surface area contributed by atoms with Crippen molar-refractivity contribution < 1.29 is 24.7 Å². The maximum atomic E-state index is 9.55. The number of aliphatic hydroxyl groups is 1. The number of aliphatic hydroxyl groups excluding tert-OH is 1. The van der Waals surface area contributed by atoms with Crippen LogP contribution >= 0.6 is 32.4 Å². The fraction of sp³-hybridized carbons (Fsp3) is 0.333. The van der Waals surface area contributed by atoms with Crippen LogP contribution in [0.1, 0.15) is 18.4 Å². The molecule has 0 radical (unpaired) electrons. The summed E-state index contributed by atoms with van der Waals surface area (Å²) in [6, 6.07) is 12.9. The van der Waals surface area contributed by atoms with Gasteiger partial charge < -0.3 is 20.5 Å².